The van der Waals surface area contributed by atoms with Gasteiger partial charge in [-0.1, -0.05) is 36.9 Å². The fourth-order valence-corrected chi connectivity index (χ4v) is 2.63. The molecule has 0 aliphatic rings. The van der Waals surface area contributed by atoms with E-state index in [0.717, 1.165) is 16.5 Å². The Kier molecular flexibility index (Phi) is 4.89. The molecule has 2 aromatic carbocycles. The van der Waals surface area contributed by atoms with Crippen LogP contribution in [0.25, 0.3) is 22.0 Å². The van der Waals surface area contributed by atoms with Gasteiger partial charge in [0.1, 0.15) is 5.75 Å². The van der Waals surface area contributed by atoms with Crippen molar-refractivity contribution in [2.45, 2.75) is 6.92 Å². The Labute approximate surface area is 151 Å². The highest BCUT2D eigenvalue weighted by atomic mass is 16.7. The van der Waals surface area contributed by atoms with Crippen molar-refractivity contribution in [2.24, 2.45) is 7.05 Å². The third-order valence-electron chi connectivity index (χ3n) is 4.06. The topological polar surface area (TPSA) is 57.5 Å². The van der Waals surface area contributed by atoms with Crippen LogP contribution in [-0.2, 0) is 16.6 Å². The molecule has 0 amide bonds. The number of hydrogen-bond donors (Lipinski definition) is 0. The first kappa shape index (κ1) is 17.5. The first-order valence-corrected chi connectivity index (χ1v) is 8.12. The third-order valence-corrected chi connectivity index (χ3v) is 4.06. The van der Waals surface area contributed by atoms with Crippen molar-refractivity contribution < 1.29 is 14.3 Å². The molecule has 3 aromatic rings. The van der Waals surface area contributed by atoms with Gasteiger partial charge in [0.05, 0.1) is 5.52 Å². The van der Waals surface area contributed by atoms with Crippen LogP contribution in [0.5, 0.6) is 5.75 Å². The lowest BCUT2D eigenvalue weighted by atomic mass is 10.0. The summed E-state index contributed by atoms with van der Waals surface area (Å²) >= 11 is 0. The molecule has 0 spiro atoms. The molecule has 5 nitrogen and oxygen atoms in total. The van der Waals surface area contributed by atoms with Gasteiger partial charge in [0.15, 0.2) is 0 Å². The maximum absolute atomic E-state index is 12.6. The molecule has 1 heterocycles. The molecule has 0 atom stereocenters. The van der Waals surface area contributed by atoms with E-state index >= 15 is 0 Å². The van der Waals surface area contributed by atoms with Gasteiger partial charge in [-0.15, -0.1) is 0 Å². The van der Waals surface area contributed by atoms with E-state index < -0.39 is 5.97 Å². The molecule has 0 radical (unpaired) electrons. The minimum absolute atomic E-state index is 0.0623. The Morgan fingerprint density at radius 2 is 1.81 bits per heavy atom. The molecule has 0 bridgehead atoms. The van der Waals surface area contributed by atoms with Crippen LogP contribution in [0, 0.1) is 0 Å². The van der Waals surface area contributed by atoms with Crippen LogP contribution in [0.3, 0.4) is 0 Å². The minimum atomic E-state index is -0.499. The van der Waals surface area contributed by atoms with Gasteiger partial charge in [-0.25, -0.2) is 4.79 Å². The zero-order valence-electron chi connectivity index (χ0n) is 14.7. The fourth-order valence-electron chi connectivity index (χ4n) is 2.63. The second-order valence-electron chi connectivity index (χ2n) is 5.98. The standard InChI is InChI=1S/C21H19NO4/c1-14(2)21(24)26-13-25-17-10-8-15(9-11-17)18-12-16-6-4-5-7-19(16)22(3)20(18)23/h4-12H,1,13H2,2-3H3. The van der Waals surface area contributed by atoms with E-state index in [4.69, 9.17) is 9.47 Å². The van der Waals surface area contributed by atoms with Gasteiger partial charge >= 0.3 is 5.97 Å². The summed E-state index contributed by atoms with van der Waals surface area (Å²) in [6.07, 6.45) is 0. The highest BCUT2D eigenvalue weighted by Gasteiger charge is 2.09. The van der Waals surface area contributed by atoms with E-state index in [1.165, 1.54) is 0 Å². The highest BCUT2D eigenvalue weighted by Crippen LogP contribution is 2.23. The summed E-state index contributed by atoms with van der Waals surface area (Å²) in [6, 6.07) is 16.7. The molecule has 132 valence electrons. The van der Waals surface area contributed by atoms with E-state index in [-0.39, 0.29) is 12.4 Å². The van der Waals surface area contributed by atoms with Gasteiger partial charge in [-0.05, 0) is 42.1 Å². The largest absolute Gasteiger partial charge is 0.457 e. The summed E-state index contributed by atoms with van der Waals surface area (Å²) in [7, 11) is 1.77. The first-order valence-electron chi connectivity index (χ1n) is 8.12. The molecular weight excluding hydrogens is 330 g/mol. The molecule has 0 unspecified atom stereocenters. The zero-order chi connectivity index (χ0) is 18.7. The molecule has 0 fully saturated rings. The summed E-state index contributed by atoms with van der Waals surface area (Å²) in [4.78, 5) is 24.0. The van der Waals surface area contributed by atoms with E-state index in [1.807, 2.05) is 30.3 Å². The molecule has 0 N–H and O–H groups in total. The number of carbonyl (C=O) groups excluding carboxylic acids is 1. The summed E-state index contributed by atoms with van der Waals surface area (Å²) < 4.78 is 11.9. The van der Waals surface area contributed by atoms with Crippen molar-refractivity contribution >= 4 is 16.9 Å². The van der Waals surface area contributed by atoms with Crippen LogP contribution in [0.1, 0.15) is 6.92 Å². The molecule has 3 rings (SSSR count). The van der Waals surface area contributed by atoms with E-state index in [0.29, 0.717) is 16.9 Å². The number of nitrogens with zero attached hydrogens (tertiary/aromatic N) is 1. The molecule has 0 aliphatic heterocycles. The summed E-state index contributed by atoms with van der Waals surface area (Å²) in [6.45, 7) is 4.88. The van der Waals surface area contributed by atoms with Gasteiger partial charge in [0.2, 0.25) is 6.79 Å². The van der Waals surface area contributed by atoms with Gasteiger partial charge in [0.25, 0.3) is 5.56 Å². The van der Waals surface area contributed by atoms with Crippen LogP contribution in [0.4, 0.5) is 0 Å². The molecule has 0 aliphatic carbocycles. The lowest BCUT2D eigenvalue weighted by Crippen LogP contribution is -2.18. The number of rotatable bonds is 5. The van der Waals surface area contributed by atoms with E-state index in [2.05, 4.69) is 6.58 Å². The van der Waals surface area contributed by atoms with Gasteiger partial charge in [-0.3, -0.25) is 4.79 Å². The van der Waals surface area contributed by atoms with Gasteiger partial charge in [-0.2, -0.15) is 0 Å². The number of carbonyl (C=O) groups is 1. The second-order valence-corrected chi connectivity index (χ2v) is 5.98. The Balaban J connectivity index is 1.82. The smallest absolute Gasteiger partial charge is 0.335 e. The van der Waals surface area contributed by atoms with Crippen molar-refractivity contribution in [1.82, 2.24) is 4.57 Å². The number of benzene rings is 2. The van der Waals surface area contributed by atoms with Crippen LogP contribution in [0.2, 0.25) is 0 Å². The van der Waals surface area contributed by atoms with Crippen LogP contribution < -0.4 is 10.3 Å². The average Bonchev–Trinajstić information content (AvgIpc) is 2.65. The summed E-state index contributed by atoms with van der Waals surface area (Å²) in [5, 5.41) is 0.997. The monoisotopic (exact) mass is 349 g/mol. The first-order chi connectivity index (χ1) is 12.5. The van der Waals surface area contributed by atoms with Crippen molar-refractivity contribution in [3.63, 3.8) is 0 Å². The normalized spacial score (nSPS) is 10.5. The number of ether oxygens (including phenoxy) is 2. The lowest BCUT2D eigenvalue weighted by Gasteiger charge is -2.10. The minimum Gasteiger partial charge on any atom is -0.457 e. The molecule has 1 aromatic heterocycles. The number of aryl methyl sites for hydroxylation is 1. The van der Waals surface area contributed by atoms with Crippen molar-refractivity contribution in [2.75, 3.05) is 6.79 Å². The molecular formula is C21H19NO4. The number of fused-ring (bicyclic) bond motifs is 1. The van der Waals surface area contributed by atoms with Crippen molar-refractivity contribution in [3.05, 3.63) is 77.1 Å². The zero-order valence-corrected chi connectivity index (χ0v) is 14.7. The second kappa shape index (κ2) is 7.27. The van der Waals surface area contributed by atoms with Gasteiger partial charge < -0.3 is 14.0 Å². The molecule has 0 saturated heterocycles. The summed E-state index contributed by atoms with van der Waals surface area (Å²) in [5.74, 6) is 0.0437. The van der Waals surface area contributed by atoms with Crippen molar-refractivity contribution in [3.8, 4) is 16.9 Å². The number of para-hydroxylation sites is 1. The predicted octanol–water partition coefficient (Wildman–Crippen LogP) is 3.66. The van der Waals surface area contributed by atoms with Crippen LogP contribution in [-0.4, -0.2) is 17.3 Å². The Bertz CT molecular complexity index is 1030. The predicted molar refractivity (Wildman–Crippen MR) is 101 cm³/mol. The maximum Gasteiger partial charge on any atom is 0.335 e. The SMILES string of the molecule is C=C(C)C(=O)OCOc1ccc(-c2cc3ccccc3n(C)c2=O)cc1. The number of pyridine rings is 1. The lowest BCUT2D eigenvalue weighted by molar-refractivity contribution is -0.145. The molecule has 5 heteroatoms. The number of hydrogen-bond acceptors (Lipinski definition) is 4. The van der Waals surface area contributed by atoms with Crippen molar-refractivity contribution in [1.29, 1.82) is 0 Å². The Morgan fingerprint density at radius 1 is 1.12 bits per heavy atom. The van der Waals surface area contributed by atoms with E-state index in [1.54, 1.807) is 42.8 Å². The van der Waals surface area contributed by atoms with E-state index in [9.17, 15) is 9.59 Å². The Morgan fingerprint density at radius 3 is 2.50 bits per heavy atom. The van der Waals surface area contributed by atoms with Gasteiger partial charge in [0, 0.05) is 18.2 Å². The average molecular weight is 349 g/mol. The van der Waals surface area contributed by atoms with Crippen LogP contribution >= 0.6 is 0 Å². The maximum atomic E-state index is 12.6. The fraction of sp³-hybridized carbons (Fsp3) is 0.143. The molecule has 26 heavy (non-hydrogen) atoms. The number of esters is 1. The highest BCUT2D eigenvalue weighted by molar-refractivity contribution is 5.87. The summed E-state index contributed by atoms with van der Waals surface area (Å²) in [5.41, 5.74) is 2.55. The Hall–Kier alpha value is -3.34. The molecule has 0 saturated carbocycles. The quantitative estimate of drug-likeness (QED) is 0.401. The number of aromatic nitrogens is 1. The third kappa shape index (κ3) is 3.52. The van der Waals surface area contributed by atoms with Crippen LogP contribution in [0.15, 0.2) is 71.5 Å².